The summed E-state index contributed by atoms with van der Waals surface area (Å²) in [6.45, 7) is 1.30. The van der Waals surface area contributed by atoms with Gasteiger partial charge in [0.05, 0.1) is 6.20 Å². The molecule has 2 N–H and O–H groups in total. The van der Waals surface area contributed by atoms with Crippen LogP contribution in [0.1, 0.15) is 17.3 Å². The molecular weight excluding hydrogens is 234 g/mol. The summed E-state index contributed by atoms with van der Waals surface area (Å²) in [5, 5.41) is 8.96. The van der Waals surface area contributed by atoms with E-state index in [1.165, 1.54) is 19.2 Å². The number of carbonyl (C=O) groups excluding carboxylic acids is 2. The molecule has 0 aliphatic carbocycles. The van der Waals surface area contributed by atoms with Crippen LogP contribution in [-0.2, 0) is 4.79 Å². The van der Waals surface area contributed by atoms with E-state index >= 15 is 0 Å². The summed E-state index contributed by atoms with van der Waals surface area (Å²) in [5.74, 6) is 0.0898. The van der Waals surface area contributed by atoms with E-state index in [0.29, 0.717) is 17.1 Å². The SMILES string of the molecule is CC(=O)Oc1cccc(C(=O)Nc2ccn[nH]2)c1. The summed E-state index contributed by atoms with van der Waals surface area (Å²) < 4.78 is 4.90. The first-order chi connectivity index (χ1) is 8.65. The van der Waals surface area contributed by atoms with Gasteiger partial charge in [-0.05, 0) is 18.2 Å². The van der Waals surface area contributed by atoms with E-state index in [1.54, 1.807) is 24.3 Å². The van der Waals surface area contributed by atoms with E-state index in [-0.39, 0.29) is 5.91 Å². The average Bonchev–Trinajstić information content (AvgIpc) is 2.81. The highest BCUT2D eigenvalue weighted by molar-refractivity contribution is 6.04. The van der Waals surface area contributed by atoms with Crippen molar-refractivity contribution in [1.29, 1.82) is 0 Å². The van der Waals surface area contributed by atoms with E-state index in [1.807, 2.05) is 0 Å². The number of nitrogens with one attached hydrogen (secondary N) is 2. The van der Waals surface area contributed by atoms with Gasteiger partial charge in [-0.2, -0.15) is 5.10 Å². The van der Waals surface area contributed by atoms with E-state index in [0.717, 1.165) is 0 Å². The van der Waals surface area contributed by atoms with Gasteiger partial charge in [0.15, 0.2) is 0 Å². The Morgan fingerprint density at radius 1 is 1.33 bits per heavy atom. The standard InChI is InChI=1S/C12H11N3O3/c1-8(16)18-10-4-2-3-9(7-10)12(17)14-11-5-6-13-15-11/h2-7H,1H3,(H2,13,14,15,17). The molecule has 1 heterocycles. The third-order valence-corrected chi connectivity index (χ3v) is 2.11. The van der Waals surface area contributed by atoms with Crippen LogP contribution in [0.5, 0.6) is 5.75 Å². The first-order valence-corrected chi connectivity index (χ1v) is 5.24. The molecule has 0 atom stereocenters. The number of aromatic amines is 1. The number of benzene rings is 1. The van der Waals surface area contributed by atoms with Gasteiger partial charge in [0.25, 0.3) is 5.91 Å². The van der Waals surface area contributed by atoms with Gasteiger partial charge in [-0.1, -0.05) is 6.07 Å². The summed E-state index contributed by atoms with van der Waals surface area (Å²) in [6, 6.07) is 7.99. The highest BCUT2D eigenvalue weighted by atomic mass is 16.5. The van der Waals surface area contributed by atoms with E-state index < -0.39 is 5.97 Å². The zero-order valence-electron chi connectivity index (χ0n) is 9.64. The third-order valence-electron chi connectivity index (χ3n) is 2.11. The maximum atomic E-state index is 11.9. The van der Waals surface area contributed by atoms with Crippen molar-refractivity contribution < 1.29 is 14.3 Å². The molecule has 0 aliphatic rings. The van der Waals surface area contributed by atoms with Gasteiger partial charge in [0.2, 0.25) is 0 Å². The Morgan fingerprint density at radius 3 is 2.83 bits per heavy atom. The Kier molecular flexibility index (Phi) is 3.38. The number of esters is 1. The molecule has 0 saturated carbocycles. The number of hydrogen-bond donors (Lipinski definition) is 2. The molecule has 0 fully saturated rings. The lowest BCUT2D eigenvalue weighted by Gasteiger charge is -2.05. The molecule has 2 aromatic rings. The normalized spacial score (nSPS) is 9.83. The third kappa shape index (κ3) is 2.94. The fourth-order valence-corrected chi connectivity index (χ4v) is 1.39. The number of hydrogen-bond acceptors (Lipinski definition) is 4. The lowest BCUT2D eigenvalue weighted by molar-refractivity contribution is -0.131. The van der Waals surface area contributed by atoms with Gasteiger partial charge in [-0.15, -0.1) is 0 Å². The topological polar surface area (TPSA) is 84.1 Å². The minimum Gasteiger partial charge on any atom is -0.427 e. The number of H-pyrrole nitrogens is 1. The molecular formula is C12H11N3O3. The second kappa shape index (κ2) is 5.13. The monoisotopic (exact) mass is 245 g/mol. The second-order valence-corrected chi connectivity index (χ2v) is 3.55. The van der Waals surface area contributed by atoms with Crippen LogP contribution in [0.4, 0.5) is 5.82 Å². The number of aromatic nitrogens is 2. The second-order valence-electron chi connectivity index (χ2n) is 3.55. The highest BCUT2D eigenvalue weighted by Crippen LogP contribution is 2.14. The number of amides is 1. The summed E-state index contributed by atoms with van der Waals surface area (Å²) >= 11 is 0. The minimum absolute atomic E-state index is 0.312. The summed E-state index contributed by atoms with van der Waals surface area (Å²) in [4.78, 5) is 22.7. The van der Waals surface area contributed by atoms with Crippen LogP contribution in [0.3, 0.4) is 0 Å². The van der Waals surface area contributed by atoms with Crippen molar-refractivity contribution >= 4 is 17.7 Å². The Morgan fingerprint density at radius 2 is 2.17 bits per heavy atom. The molecule has 0 aliphatic heterocycles. The zero-order valence-corrected chi connectivity index (χ0v) is 9.64. The Balaban J connectivity index is 2.12. The molecule has 92 valence electrons. The van der Waals surface area contributed by atoms with Crippen LogP contribution in [0.2, 0.25) is 0 Å². The summed E-state index contributed by atoms with van der Waals surface area (Å²) in [5.41, 5.74) is 0.392. The Labute approximate surface area is 103 Å². The van der Waals surface area contributed by atoms with E-state index in [4.69, 9.17) is 4.74 Å². The van der Waals surface area contributed by atoms with Crippen molar-refractivity contribution in [3.63, 3.8) is 0 Å². The molecule has 6 heteroatoms. The van der Waals surface area contributed by atoms with Gasteiger partial charge in [-0.3, -0.25) is 14.7 Å². The van der Waals surface area contributed by atoms with Crippen LogP contribution in [0.25, 0.3) is 0 Å². The lowest BCUT2D eigenvalue weighted by atomic mass is 10.2. The molecule has 0 radical (unpaired) electrons. The number of nitrogens with zero attached hydrogens (tertiary/aromatic N) is 1. The Hall–Kier alpha value is -2.63. The molecule has 2 rings (SSSR count). The lowest BCUT2D eigenvalue weighted by Crippen LogP contribution is -2.12. The molecule has 1 aromatic carbocycles. The predicted molar refractivity (Wildman–Crippen MR) is 64.3 cm³/mol. The maximum Gasteiger partial charge on any atom is 0.308 e. The van der Waals surface area contributed by atoms with Crippen molar-refractivity contribution in [2.24, 2.45) is 0 Å². The highest BCUT2D eigenvalue weighted by Gasteiger charge is 2.08. The molecule has 0 bridgehead atoms. The molecule has 1 aromatic heterocycles. The largest absolute Gasteiger partial charge is 0.427 e. The minimum atomic E-state index is -0.430. The molecule has 6 nitrogen and oxygen atoms in total. The number of anilines is 1. The fourth-order valence-electron chi connectivity index (χ4n) is 1.39. The van der Waals surface area contributed by atoms with Crippen molar-refractivity contribution in [1.82, 2.24) is 10.2 Å². The first kappa shape index (κ1) is 11.8. The van der Waals surface area contributed by atoms with Crippen molar-refractivity contribution in [2.45, 2.75) is 6.92 Å². The predicted octanol–water partition coefficient (Wildman–Crippen LogP) is 1.59. The van der Waals surface area contributed by atoms with Gasteiger partial charge in [0.1, 0.15) is 11.6 Å². The van der Waals surface area contributed by atoms with Crippen molar-refractivity contribution in [3.05, 3.63) is 42.1 Å². The Bertz CT molecular complexity index is 564. The molecule has 0 spiro atoms. The first-order valence-electron chi connectivity index (χ1n) is 5.24. The van der Waals surface area contributed by atoms with Crippen LogP contribution in [-0.4, -0.2) is 22.1 Å². The summed E-state index contributed by atoms with van der Waals surface area (Å²) in [6.07, 6.45) is 1.53. The number of ether oxygens (including phenoxy) is 1. The van der Waals surface area contributed by atoms with Gasteiger partial charge < -0.3 is 10.1 Å². The fraction of sp³-hybridized carbons (Fsp3) is 0.0833. The molecule has 1 amide bonds. The van der Waals surface area contributed by atoms with Crippen molar-refractivity contribution in [3.8, 4) is 5.75 Å². The summed E-state index contributed by atoms with van der Waals surface area (Å²) in [7, 11) is 0. The van der Waals surface area contributed by atoms with E-state index in [2.05, 4.69) is 15.5 Å². The van der Waals surface area contributed by atoms with Gasteiger partial charge >= 0.3 is 5.97 Å². The van der Waals surface area contributed by atoms with Crippen molar-refractivity contribution in [2.75, 3.05) is 5.32 Å². The van der Waals surface area contributed by atoms with Crippen LogP contribution in [0.15, 0.2) is 36.5 Å². The smallest absolute Gasteiger partial charge is 0.308 e. The van der Waals surface area contributed by atoms with Crippen LogP contribution in [0, 0.1) is 0 Å². The maximum absolute atomic E-state index is 11.9. The molecule has 0 saturated heterocycles. The number of carbonyl (C=O) groups is 2. The van der Waals surface area contributed by atoms with Gasteiger partial charge in [-0.25, -0.2) is 0 Å². The quantitative estimate of drug-likeness (QED) is 0.635. The zero-order chi connectivity index (χ0) is 13.0. The molecule has 18 heavy (non-hydrogen) atoms. The number of rotatable bonds is 3. The molecule has 0 unspecified atom stereocenters. The van der Waals surface area contributed by atoms with Crippen LogP contribution >= 0.6 is 0 Å². The van der Waals surface area contributed by atoms with Gasteiger partial charge in [0, 0.05) is 18.6 Å². The average molecular weight is 245 g/mol. The van der Waals surface area contributed by atoms with E-state index in [9.17, 15) is 9.59 Å². The van der Waals surface area contributed by atoms with Crippen LogP contribution < -0.4 is 10.1 Å².